The van der Waals surface area contributed by atoms with E-state index >= 15 is 0 Å². The Kier molecular flexibility index (Phi) is 6.36. The smallest absolute Gasteiger partial charge is 0.325 e. The molecular formula is C15H23NO3. The van der Waals surface area contributed by atoms with E-state index < -0.39 is 12.0 Å². The van der Waals surface area contributed by atoms with Crippen LogP contribution in [0.15, 0.2) is 24.3 Å². The molecule has 1 aromatic rings. The molecular weight excluding hydrogens is 242 g/mol. The van der Waals surface area contributed by atoms with Gasteiger partial charge in [0, 0.05) is 0 Å². The van der Waals surface area contributed by atoms with Crippen LogP contribution < -0.4 is 4.74 Å². The first-order valence-electron chi connectivity index (χ1n) is 6.83. The number of carbonyl (C=O) groups is 1. The number of ether oxygens (including phenoxy) is 1. The molecule has 0 saturated heterocycles. The maximum Gasteiger partial charge on any atom is 0.325 e. The second-order valence-electron chi connectivity index (χ2n) is 4.38. The van der Waals surface area contributed by atoms with E-state index in [-0.39, 0.29) is 0 Å². The Morgan fingerprint density at radius 2 is 2.00 bits per heavy atom. The summed E-state index contributed by atoms with van der Waals surface area (Å²) in [6.45, 7) is 8.03. The van der Waals surface area contributed by atoms with Gasteiger partial charge in [0.25, 0.3) is 0 Å². The minimum Gasteiger partial charge on any atom is -0.494 e. The van der Waals surface area contributed by atoms with E-state index in [1.165, 1.54) is 0 Å². The maximum absolute atomic E-state index is 11.5. The second kappa shape index (κ2) is 7.79. The fraction of sp³-hybridized carbons (Fsp3) is 0.533. The largest absolute Gasteiger partial charge is 0.494 e. The van der Waals surface area contributed by atoms with Gasteiger partial charge < -0.3 is 9.84 Å². The van der Waals surface area contributed by atoms with Gasteiger partial charge in [0.15, 0.2) is 0 Å². The molecule has 1 unspecified atom stereocenters. The van der Waals surface area contributed by atoms with Gasteiger partial charge in [-0.2, -0.15) is 0 Å². The summed E-state index contributed by atoms with van der Waals surface area (Å²) in [5.41, 5.74) is 0.768. The zero-order chi connectivity index (χ0) is 14.3. The molecule has 4 nitrogen and oxygen atoms in total. The number of carboxylic acid groups (broad SMARTS) is 1. The van der Waals surface area contributed by atoms with Gasteiger partial charge in [-0.15, -0.1) is 0 Å². The lowest BCUT2D eigenvalue weighted by Crippen LogP contribution is -2.33. The molecule has 0 bridgehead atoms. The Morgan fingerprint density at radius 1 is 1.32 bits per heavy atom. The number of hydrogen-bond acceptors (Lipinski definition) is 3. The number of rotatable bonds is 8. The quantitative estimate of drug-likeness (QED) is 0.785. The molecule has 0 amide bonds. The highest BCUT2D eigenvalue weighted by Gasteiger charge is 2.25. The standard InChI is InChI=1S/C15H23NO3/c1-4-10-19-13-9-7-8-12(11-13)14(15(17)18)16(5-2)6-3/h7-9,11,14H,4-6,10H2,1-3H3,(H,17,18). The third-order valence-electron chi connectivity index (χ3n) is 3.06. The molecule has 1 rings (SSSR count). The zero-order valence-electron chi connectivity index (χ0n) is 11.9. The predicted molar refractivity (Wildman–Crippen MR) is 75.5 cm³/mol. The highest BCUT2D eigenvalue weighted by Crippen LogP contribution is 2.24. The van der Waals surface area contributed by atoms with E-state index in [1.807, 2.05) is 49.9 Å². The number of likely N-dealkylation sites (N-methyl/N-ethyl adjacent to an activating group) is 1. The van der Waals surface area contributed by atoms with Gasteiger partial charge in [0.2, 0.25) is 0 Å². The molecule has 1 N–H and O–H groups in total. The minimum atomic E-state index is -0.823. The number of nitrogens with zero attached hydrogens (tertiary/aromatic N) is 1. The summed E-state index contributed by atoms with van der Waals surface area (Å²) in [5, 5.41) is 9.44. The molecule has 106 valence electrons. The van der Waals surface area contributed by atoms with Crippen molar-refractivity contribution in [3.05, 3.63) is 29.8 Å². The molecule has 1 aromatic carbocycles. The number of hydrogen-bond donors (Lipinski definition) is 1. The van der Waals surface area contributed by atoms with Gasteiger partial charge in [-0.25, -0.2) is 0 Å². The van der Waals surface area contributed by atoms with Crippen LogP contribution in [0.2, 0.25) is 0 Å². The first kappa shape index (κ1) is 15.5. The summed E-state index contributed by atoms with van der Waals surface area (Å²) in [5.74, 6) is -0.0888. The average Bonchev–Trinajstić information content (AvgIpc) is 2.42. The van der Waals surface area contributed by atoms with Gasteiger partial charge >= 0.3 is 5.97 Å². The van der Waals surface area contributed by atoms with Crippen LogP contribution in [0, 0.1) is 0 Å². The second-order valence-corrected chi connectivity index (χ2v) is 4.38. The summed E-state index contributed by atoms with van der Waals surface area (Å²) in [4.78, 5) is 13.4. The number of aliphatic carboxylic acids is 1. The first-order chi connectivity index (χ1) is 9.13. The van der Waals surface area contributed by atoms with Gasteiger partial charge in [0.1, 0.15) is 11.8 Å². The van der Waals surface area contributed by atoms with Gasteiger partial charge in [-0.1, -0.05) is 32.9 Å². The van der Waals surface area contributed by atoms with E-state index in [9.17, 15) is 9.90 Å². The molecule has 0 aromatic heterocycles. The van der Waals surface area contributed by atoms with Crippen molar-refractivity contribution in [1.82, 2.24) is 4.90 Å². The molecule has 0 aliphatic heterocycles. The molecule has 0 spiro atoms. The van der Waals surface area contributed by atoms with Crippen molar-refractivity contribution in [3.63, 3.8) is 0 Å². The van der Waals surface area contributed by atoms with Crippen molar-refractivity contribution in [1.29, 1.82) is 0 Å². The normalized spacial score (nSPS) is 12.4. The average molecular weight is 265 g/mol. The zero-order valence-corrected chi connectivity index (χ0v) is 11.9. The van der Waals surface area contributed by atoms with E-state index in [4.69, 9.17) is 4.74 Å². The Labute approximate surface area is 115 Å². The Balaban J connectivity index is 2.99. The fourth-order valence-corrected chi connectivity index (χ4v) is 2.09. The summed E-state index contributed by atoms with van der Waals surface area (Å²) >= 11 is 0. The van der Waals surface area contributed by atoms with Crippen LogP contribution in [-0.4, -0.2) is 35.7 Å². The van der Waals surface area contributed by atoms with Gasteiger partial charge in [-0.05, 0) is 37.2 Å². The van der Waals surface area contributed by atoms with Crippen LogP contribution >= 0.6 is 0 Å². The third kappa shape index (κ3) is 4.24. The van der Waals surface area contributed by atoms with E-state index in [0.717, 1.165) is 17.7 Å². The highest BCUT2D eigenvalue weighted by molar-refractivity contribution is 5.75. The van der Waals surface area contributed by atoms with Crippen molar-refractivity contribution in [2.24, 2.45) is 0 Å². The predicted octanol–water partition coefficient (Wildman–Crippen LogP) is 2.94. The monoisotopic (exact) mass is 265 g/mol. The van der Waals surface area contributed by atoms with Crippen molar-refractivity contribution in [2.75, 3.05) is 19.7 Å². The van der Waals surface area contributed by atoms with Crippen molar-refractivity contribution in [2.45, 2.75) is 33.2 Å². The molecule has 0 heterocycles. The SMILES string of the molecule is CCCOc1cccc(C(C(=O)O)N(CC)CC)c1. The lowest BCUT2D eigenvalue weighted by Gasteiger charge is -2.26. The Hall–Kier alpha value is -1.55. The minimum absolute atomic E-state index is 0.611. The summed E-state index contributed by atoms with van der Waals surface area (Å²) in [7, 11) is 0. The first-order valence-corrected chi connectivity index (χ1v) is 6.83. The Morgan fingerprint density at radius 3 is 2.53 bits per heavy atom. The number of benzene rings is 1. The number of carboxylic acids is 1. The highest BCUT2D eigenvalue weighted by atomic mass is 16.5. The summed E-state index contributed by atoms with van der Waals surface area (Å²) in [6.07, 6.45) is 0.933. The van der Waals surface area contributed by atoms with Crippen LogP contribution in [0.25, 0.3) is 0 Å². The molecule has 4 heteroatoms. The van der Waals surface area contributed by atoms with E-state index in [2.05, 4.69) is 0 Å². The molecule has 0 saturated carbocycles. The van der Waals surface area contributed by atoms with Crippen LogP contribution in [0.5, 0.6) is 5.75 Å². The van der Waals surface area contributed by atoms with Crippen molar-refractivity contribution >= 4 is 5.97 Å². The summed E-state index contributed by atoms with van der Waals surface area (Å²) < 4.78 is 5.56. The van der Waals surface area contributed by atoms with Crippen molar-refractivity contribution in [3.8, 4) is 5.75 Å². The summed E-state index contributed by atoms with van der Waals surface area (Å²) in [6, 6.07) is 6.77. The van der Waals surface area contributed by atoms with Crippen LogP contribution in [-0.2, 0) is 4.79 Å². The molecule has 0 aliphatic rings. The topological polar surface area (TPSA) is 49.8 Å². The van der Waals surface area contributed by atoms with E-state index in [1.54, 1.807) is 0 Å². The molecule has 1 atom stereocenters. The van der Waals surface area contributed by atoms with Gasteiger partial charge in [0.05, 0.1) is 6.61 Å². The fourth-order valence-electron chi connectivity index (χ4n) is 2.09. The van der Waals surface area contributed by atoms with Crippen molar-refractivity contribution < 1.29 is 14.6 Å². The molecule has 0 radical (unpaired) electrons. The lowest BCUT2D eigenvalue weighted by atomic mass is 10.0. The lowest BCUT2D eigenvalue weighted by molar-refractivity contribution is -0.143. The van der Waals surface area contributed by atoms with Crippen LogP contribution in [0.3, 0.4) is 0 Å². The van der Waals surface area contributed by atoms with Crippen LogP contribution in [0.1, 0.15) is 38.8 Å². The maximum atomic E-state index is 11.5. The third-order valence-corrected chi connectivity index (χ3v) is 3.06. The molecule has 0 aliphatic carbocycles. The van der Waals surface area contributed by atoms with Crippen LogP contribution in [0.4, 0.5) is 0 Å². The molecule has 0 fully saturated rings. The molecule has 19 heavy (non-hydrogen) atoms. The van der Waals surface area contributed by atoms with Gasteiger partial charge in [-0.3, -0.25) is 9.69 Å². The van der Waals surface area contributed by atoms with E-state index in [0.29, 0.717) is 19.7 Å². The Bertz CT molecular complexity index is 402.